The highest BCUT2D eigenvalue weighted by Crippen LogP contribution is 2.23. The smallest absolute Gasteiger partial charge is 0.264 e. The third kappa shape index (κ3) is 6.16. The van der Waals surface area contributed by atoms with Gasteiger partial charge in [-0.15, -0.1) is 0 Å². The number of nitrogens with one attached hydrogen (secondary N) is 1. The molecule has 0 aliphatic rings. The molecule has 1 aromatic heterocycles. The number of carbonyl (C=O) groups excluding carboxylic acids is 1. The molecule has 2 rings (SSSR count). The van der Waals surface area contributed by atoms with Gasteiger partial charge in [-0.25, -0.2) is 13.9 Å². The van der Waals surface area contributed by atoms with Crippen molar-refractivity contribution in [3.8, 4) is 16.9 Å². The molecule has 0 unspecified atom stereocenters. The Hall–Kier alpha value is -2.69. The number of amides is 1. The van der Waals surface area contributed by atoms with Crippen LogP contribution in [0.2, 0.25) is 0 Å². The van der Waals surface area contributed by atoms with Gasteiger partial charge in [0.1, 0.15) is 5.75 Å². The Balaban J connectivity index is 2.11. The van der Waals surface area contributed by atoms with Gasteiger partial charge >= 0.3 is 0 Å². The number of aliphatic hydroxyl groups is 1. The molecular weight excluding hydrogens is 424 g/mol. The lowest BCUT2D eigenvalue weighted by Gasteiger charge is -2.25. The summed E-state index contributed by atoms with van der Waals surface area (Å²) in [4.78, 5) is 24.4. The van der Waals surface area contributed by atoms with Crippen LogP contribution in [0.4, 0.5) is 0 Å². The number of aryl methyl sites for hydroxylation is 1. The molecule has 1 heterocycles. The molecule has 1 atom stereocenters. The number of pyridine rings is 1. The van der Waals surface area contributed by atoms with E-state index in [-0.39, 0.29) is 25.1 Å². The summed E-state index contributed by atoms with van der Waals surface area (Å²) in [6.45, 7) is 1.84. The van der Waals surface area contributed by atoms with Crippen LogP contribution in [0, 0.1) is 0 Å². The van der Waals surface area contributed by atoms with Crippen LogP contribution in [0.25, 0.3) is 11.1 Å². The Bertz CT molecular complexity index is 1050. The van der Waals surface area contributed by atoms with Gasteiger partial charge in [0.15, 0.2) is 14.6 Å². The second kappa shape index (κ2) is 10.6. The van der Waals surface area contributed by atoms with Gasteiger partial charge in [0.2, 0.25) is 0 Å². The topological polar surface area (TPSA) is 135 Å². The number of aromatic nitrogens is 1. The number of rotatable bonds is 11. The van der Waals surface area contributed by atoms with Crippen LogP contribution in [-0.4, -0.2) is 53.4 Å². The molecule has 0 spiro atoms. The maximum atomic E-state index is 12.5. The number of aliphatic hydroxyl groups excluding tert-OH is 1. The number of hydroxylamine groups is 1. The number of unbranched alkanes of at least 4 members (excludes halogenated alkanes) is 1. The van der Waals surface area contributed by atoms with E-state index in [0.29, 0.717) is 24.3 Å². The molecule has 0 radical (unpaired) electrons. The van der Waals surface area contributed by atoms with Gasteiger partial charge in [0, 0.05) is 31.7 Å². The van der Waals surface area contributed by atoms with E-state index in [1.807, 2.05) is 12.1 Å². The number of nitrogens with zero attached hydrogens (tertiary/aromatic N) is 1. The van der Waals surface area contributed by atoms with Crippen LogP contribution in [-0.2, 0) is 21.2 Å². The largest absolute Gasteiger partial charge is 0.494 e. The van der Waals surface area contributed by atoms with Gasteiger partial charge < -0.3 is 14.4 Å². The highest BCUT2D eigenvalue weighted by Gasteiger charge is 2.43. The minimum atomic E-state index is -3.84. The molecule has 9 nitrogen and oxygen atoms in total. The van der Waals surface area contributed by atoms with Crippen molar-refractivity contribution >= 4 is 15.7 Å². The monoisotopic (exact) mass is 452 g/mol. The van der Waals surface area contributed by atoms with Gasteiger partial charge in [0.25, 0.3) is 11.5 Å². The lowest BCUT2D eigenvalue weighted by Crippen LogP contribution is -2.49. The van der Waals surface area contributed by atoms with Crippen molar-refractivity contribution in [3.63, 3.8) is 0 Å². The van der Waals surface area contributed by atoms with Gasteiger partial charge in [0.05, 0.1) is 6.61 Å². The summed E-state index contributed by atoms with van der Waals surface area (Å²) in [5, 5.41) is 17.7. The summed E-state index contributed by atoms with van der Waals surface area (Å²) in [6, 6.07) is 10.4. The average Bonchev–Trinajstić information content (AvgIpc) is 2.74. The van der Waals surface area contributed by atoms with E-state index in [1.165, 1.54) is 29.2 Å². The fourth-order valence-corrected chi connectivity index (χ4v) is 3.78. The molecule has 1 aromatic carbocycles. The lowest BCUT2D eigenvalue weighted by molar-refractivity contribution is -0.131. The first kappa shape index (κ1) is 24.6. The Morgan fingerprint density at radius 3 is 2.39 bits per heavy atom. The zero-order valence-electron chi connectivity index (χ0n) is 17.6. The van der Waals surface area contributed by atoms with Gasteiger partial charge in [-0.1, -0.05) is 12.1 Å². The number of hydrogen-bond donors (Lipinski definition) is 3. The quantitative estimate of drug-likeness (QED) is 0.266. The molecule has 0 saturated heterocycles. The molecule has 2 aromatic rings. The first-order chi connectivity index (χ1) is 14.6. The summed E-state index contributed by atoms with van der Waals surface area (Å²) in [7, 11) is -3.84. The Kier molecular flexibility index (Phi) is 8.37. The van der Waals surface area contributed by atoms with Gasteiger partial charge in [-0.3, -0.25) is 14.8 Å². The van der Waals surface area contributed by atoms with Crippen molar-refractivity contribution in [2.24, 2.45) is 0 Å². The zero-order chi connectivity index (χ0) is 23.1. The first-order valence-corrected chi connectivity index (χ1v) is 11.7. The molecule has 1 amide bonds. The average molecular weight is 453 g/mol. The van der Waals surface area contributed by atoms with E-state index in [4.69, 9.17) is 15.1 Å². The Morgan fingerprint density at radius 2 is 1.84 bits per heavy atom. The molecule has 0 bridgehead atoms. The third-order valence-corrected chi connectivity index (χ3v) is 7.26. The molecule has 0 aliphatic heterocycles. The second-order valence-corrected chi connectivity index (χ2v) is 9.89. The van der Waals surface area contributed by atoms with Crippen LogP contribution in [0.3, 0.4) is 0 Å². The Morgan fingerprint density at radius 1 is 1.16 bits per heavy atom. The summed E-state index contributed by atoms with van der Waals surface area (Å²) in [5.74, 6) is -0.351. The van der Waals surface area contributed by atoms with Crippen molar-refractivity contribution < 1.29 is 28.3 Å². The van der Waals surface area contributed by atoms with Gasteiger partial charge in [-0.2, -0.15) is 0 Å². The molecule has 0 aliphatic carbocycles. The molecular formula is C21H28N2O7S. The second-order valence-electron chi connectivity index (χ2n) is 7.44. The fraction of sp³-hybridized carbons (Fsp3) is 0.429. The van der Waals surface area contributed by atoms with E-state index in [1.54, 1.807) is 18.2 Å². The van der Waals surface area contributed by atoms with Crippen molar-refractivity contribution in [3.05, 3.63) is 52.9 Å². The van der Waals surface area contributed by atoms with E-state index >= 15 is 0 Å². The number of carbonyl (C=O) groups is 1. The zero-order valence-corrected chi connectivity index (χ0v) is 18.4. The summed E-state index contributed by atoms with van der Waals surface area (Å²) < 4.78 is 29.1. The molecule has 0 saturated carbocycles. The molecule has 10 heteroatoms. The first-order valence-electron chi connectivity index (χ1n) is 9.81. The maximum absolute atomic E-state index is 12.5. The number of ether oxygens (including phenoxy) is 1. The van der Waals surface area contributed by atoms with E-state index in [9.17, 15) is 18.0 Å². The van der Waals surface area contributed by atoms with E-state index in [0.717, 1.165) is 18.2 Å². The van der Waals surface area contributed by atoms with Crippen molar-refractivity contribution in [2.45, 2.75) is 37.5 Å². The molecule has 170 valence electrons. The van der Waals surface area contributed by atoms with Crippen molar-refractivity contribution in [1.29, 1.82) is 0 Å². The normalized spacial score (nSPS) is 13.4. The predicted molar refractivity (Wildman–Crippen MR) is 116 cm³/mol. The van der Waals surface area contributed by atoms with Crippen LogP contribution in [0.1, 0.15) is 26.2 Å². The van der Waals surface area contributed by atoms with Gasteiger partial charge in [-0.05, 0) is 55.5 Å². The maximum Gasteiger partial charge on any atom is 0.264 e. The number of sulfone groups is 1. The summed E-state index contributed by atoms with van der Waals surface area (Å²) in [5.41, 5.74) is 2.54. The van der Waals surface area contributed by atoms with E-state index < -0.39 is 20.5 Å². The number of hydrogen-bond acceptors (Lipinski definition) is 7. The summed E-state index contributed by atoms with van der Waals surface area (Å²) in [6.07, 6.45) is 3.71. The van der Waals surface area contributed by atoms with E-state index in [2.05, 4.69) is 0 Å². The predicted octanol–water partition coefficient (Wildman–Crippen LogP) is 1.37. The summed E-state index contributed by atoms with van der Waals surface area (Å²) >= 11 is 0. The van der Waals surface area contributed by atoms with Crippen LogP contribution < -0.4 is 15.8 Å². The molecule has 0 fully saturated rings. The number of benzene rings is 1. The molecule has 3 N–H and O–H groups in total. The third-order valence-electron chi connectivity index (χ3n) is 5.23. The SMILES string of the molecule is C[C@@](CCn1ccc(-c2ccc(OCCCCO)cc2)cc1=O)(C(=O)NO)S(C)(=O)=O. The minimum absolute atomic E-state index is 0.0171. The fourth-order valence-electron chi connectivity index (χ4n) is 2.94. The van der Waals surface area contributed by atoms with Crippen LogP contribution in [0.5, 0.6) is 5.75 Å². The van der Waals surface area contributed by atoms with Crippen molar-refractivity contribution in [1.82, 2.24) is 10.0 Å². The lowest BCUT2D eigenvalue weighted by atomic mass is 10.1. The highest BCUT2D eigenvalue weighted by molar-refractivity contribution is 7.92. The van der Waals surface area contributed by atoms with Crippen molar-refractivity contribution in [2.75, 3.05) is 19.5 Å². The standard InChI is InChI=1S/C21H28N2O7S/c1-21(20(26)22-27,31(2,28)29)10-12-23-11-9-17(15-19(23)25)16-5-7-18(8-6-16)30-14-4-3-13-24/h5-9,11,15,24,27H,3-4,10,12-14H2,1-2H3,(H,22,26)/t21-/m1/s1. The highest BCUT2D eigenvalue weighted by atomic mass is 32.2. The van der Waals surface area contributed by atoms with Crippen LogP contribution >= 0.6 is 0 Å². The minimum Gasteiger partial charge on any atom is -0.494 e. The van der Waals surface area contributed by atoms with Crippen LogP contribution in [0.15, 0.2) is 47.4 Å². The molecule has 31 heavy (non-hydrogen) atoms. The Labute approximate surface area is 181 Å².